The minimum Gasteiger partial charge on any atom is -0.511 e. The average molecular weight is 374 g/mol. The monoisotopic (exact) mass is 374 g/mol. The molecule has 0 bridgehead atoms. The van der Waals surface area contributed by atoms with Crippen molar-refractivity contribution in [3.8, 4) is 0 Å². The van der Waals surface area contributed by atoms with Crippen molar-refractivity contribution < 1.29 is 24.3 Å². The Kier molecular flexibility index (Phi) is 6.21. The Balaban J connectivity index is 1.82. The van der Waals surface area contributed by atoms with E-state index in [4.69, 9.17) is 4.52 Å². The first-order chi connectivity index (χ1) is 13.0. The smallest absolute Gasteiger partial charge is 0.168 e. The summed E-state index contributed by atoms with van der Waals surface area (Å²) in [6.45, 7) is 1.83. The summed E-state index contributed by atoms with van der Waals surface area (Å²) in [5.74, 6) is 0.511. The van der Waals surface area contributed by atoms with Gasteiger partial charge in [0.15, 0.2) is 11.6 Å². The largest absolute Gasteiger partial charge is 0.511 e. The van der Waals surface area contributed by atoms with Crippen LogP contribution in [0.15, 0.2) is 20.8 Å². The molecule has 27 heavy (non-hydrogen) atoms. The number of allylic oxidation sites excluding steroid dienone is 2. The summed E-state index contributed by atoms with van der Waals surface area (Å²) in [7, 11) is 0. The van der Waals surface area contributed by atoms with E-state index in [-0.39, 0.29) is 42.0 Å². The van der Waals surface area contributed by atoms with Crippen LogP contribution in [0.25, 0.3) is 0 Å². The maximum Gasteiger partial charge on any atom is 0.168 e. The number of hydrogen-bond donors (Lipinski definition) is 2. The molecule has 1 unspecified atom stereocenters. The summed E-state index contributed by atoms with van der Waals surface area (Å²) in [5.41, 5.74) is 1.94. The van der Waals surface area contributed by atoms with Crippen molar-refractivity contribution >= 4 is 17.3 Å². The Bertz CT molecular complexity index is 786. The third-order valence-electron chi connectivity index (χ3n) is 5.21. The van der Waals surface area contributed by atoms with Gasteiger partial charge in [-0.2, -0.15) is 0 Å². The van der Waals surface area contributed by atoms with Crippen LogP contribution in [0, 0.1) is 0 Å². The lowest BCUT2D eigenvalue weighted by molar-refractivity contribution is -0.115. The van der Waals surface area contributed by atoms with Crippen LogP contribution in [0.3, 0.4) is 0 Å². The fourth-order valence-corrected chi connectivity index (χ4v) is 3.68. The van der Waals surface area contributed by atoms with Crippen LogP contribution < -0.4 is 0 Å². The summed E-state index contributed by atoms with van der Waals surface area (Å²) in [5, 5.41) is 24.0. The van der Waals surface area contributed by atoms with Crippen molar-refractivity contribution in [1.29, 1.82) is 0 Å². The number of nitrogens with zero attached hydrogens (tertiary/aromatic N) is 2. The normalized spacial score (nSPS) is 22.1. The number of aliphatic imine (C=N–C) groups is 1. The van der Waals surface area contributed by atoms with E-state index in [0.717, 1.165) is 6.42 Å². The molecule has 1 heterocycles. The molecule has 1 saturated carbocycles. The van der Waals surface area contributed by atoms with Crippen LogP contribution in [0.5, 0.6) is 0 Å². The summed E-state index contributed by atoms with van der Waals surface area (Å²) in [6, 6.07) is -0.270. The number of ketones is 2. The Morgan fingerprint density at radius 3 is 2.67 bits per heavy atom. The number of carbonyl (C=O) groups excluding carboxylic acids is 2. The Hall–Kier alpha value is -2.28. The third-order valence-corrected chi connectivity index (χ3v) is 5.21. The van der Waals surface area contributed by atoms with Crippen molar-refractivity contribution in [3.63, 3.8) is 0 Å². The fraction of sp³-hybridized carbons (Fsp3) is 0.600. The molecule has 0 radical (unpaired) electrons. The number of carbonyl (C=O) groups is 2. The Labute approximate surface area is 158 Å². The average Bonchev–Trinajstić information content (AvgIpc) is 3.08. The van der Waals surface area contributed by atoms with Gasteiger partial charge in [0.2, 0.25) is 0 Å². The first kappa shape index (κ1) is 19.5. The lowest BCUT2D eigenvalue weighted by Gasteiger charge is -2.19. The molecule has 7 nitrogen and oxygen atoms in total. The second kappa shape index (κ2) is 8.61. The van der Waals surface area contributed by atoms with E-state index in [1.807, 2.05) is 6.92 Å². The number of rotatable bonds is 6. The second-order valence-electron chi connectivity index (χ2n) is 7.12. The van der Waals surface area contributed by atoms with Crippen molar-refractivity contribution in [2.24, 2.45) is 4.99 Å². The zero-order chi connectivity index (χ0) is 19.4. The second-order valence-corrected chi connectivity index (χ2v) is 7.12. The van der Waals surface area contributed by atoms with Gasteiger partial charge in [-0.05, 0) is 25.7 Å². The van der Waals surface area contributed by atoms with E-state index in [0.29, 0.717) is 67.7 Å². The van der Waals surface area contributed by atoms with Crippen LogP contribution >= 0.6 is 0 Å². The molecule has 3 rings (SSSR count). The molecule has 1 atom stereocenters. The molecule has 2 aliphatic carbocycles. The predicted octanol–water partition coefficient (Wildman–Crippen LogP) is 2.90. The maximum atomic E-state index is 12.4. The van der Waals surface area contributed by atoms with Crippen molar-refractivity contribution in [2.75, 3.05) is 6.61 Å². The van der Waals surface area contributed by atoms with Gasteiger partial charge < -0.3 is 14.7 Å². The molecule has 0 amide bonds. The van der Waals surface area contributed by atoms with E-state index in [2.05, 4.69) is 10.1 Å². The molecule has 146 valence electrons. The number of aliphatic hydroxyl groups is 2. The summed E-state index contributed by atoms with van der Waals surface area (Å²) >= 11 is 0. The SMILES string of the molecule is CCC(CO)N=C1CCCC(=O)C1=C(O)CCc1noc2c1C(=O)CCC2. The number of fused-ring (bicyclic) bond motifs is 1. The summed E-state index contributed by atoms with van der Waals surface area (Å²) in [6.07, 6.45) is 4.84. The Morgan fingerprint density at radius 2 is 1.93 bits per heavy atom. The number of hydrogen-bond acceptors (Lipinski definition) is 7. The van der Waals surface area contributed by atoms with Gasteiger partial charge >= 0.3 is 0 Å². The van der Waals surface area contributed by atoms with Crippen LogP contribution in [0.1, 0.15) is 73.7 Å². The topological polar surface area (TPSA) is 113 Å². The first-order valence-electron chi connectivity index (χ1n) is 9.69. The zero-order valence-electron chi connectivity index (χ0n) is 15.7. The minimum absolute atomic E-state index is 0.0220. The van der Waals surface area contributed by atoms with Gasteiger partial charge in [0, 0.05) is 37.8 Å². The molecule has 1 fully saturated rings. The van der Waals surface area contributed by atoms with Gasteiger partial charge in [-0.15, -0.1) is 0 Å². The van der Waals surface area contributed by atoms with Crippen LogP contribution in [0.4, 0.5) is 0 Å². The van der Waals surface area contributed by atoms with Gasteiger partial charge in [-0.25, -0.2) is 0 Å². The number of Topliss-reactive ketones (excluding diaryl/α,β-unsaturated/α-hetero) is 2. The highest BCUT2D eigenvalue weighted by atomic mass is 16.5. The molecule has 1 aromatic rings. The van der Waals surface area contributed by atoms with Gasteiger partial charge in [0.05, 0.1) is 29.5 Å². The molecule has 2 N–H and O–H groups in total. The van der Waals surface area contributed by atoms with Gasteiger partial charge in [-0.3, -0.25) is 14.6 Å². The van der Waals surface area contributed by atoms with Crippen LogP contribution in [-0.2, 0) is 17.6 Å². The predicted molar refractivity (Wildman–Crippen MR) is 99.2 cm³/mol. The molecule has 2 aliphatic rings. The van der Waals surface area contributed by atoms with E-state index in [1.165, 1.54) is 0 Å². The molecule has 1 aromatic heterocycles. The summed E-state index contributed by atoms with van der Waals surface area (Å²) in [4.78, 5) is 29.0. The molecule has 0 aromatic carbocycles. The molecular weight excluding hydrogens is 348 g/mol. The highest BCUT2D eigenvalue weighted by Gasteiger charge is 2.28. The van der Waals surface area contributed by atoms with E-state index in [9.17, 15) is 19.8 Å². The summed E-state index contributed by atoms with van der Waals surface area (Å²) < 4.78 is 5.27. The third kappa shape index (κ3) is 4.18. The van der Waals surface area contributed by atoms with E-state index >= 15 is 0 Å². The quantitative estimate of drug-likeness (QED) is 0.585. The standard InChI is InChI=1S/C20H26N2O5/c1-2-12(11-23)21-13-5-3-6-15(24)19(13)17(26)10-9-14-20-16(25)7-4-8-18(20)27-22-14/h12,23,26H,2-11H2,1H3. The van der Waals surface area contributed by atoms with Crippen molar-refractivity contribution in [2.45, 2.75) is 70.8 Å². The lowest BCUT2D eigenvalue weighted by atomic mass is 9.88. The molecule has 7 heteroatoms. The highest BCUT2D eigenvalue weighted by Crippen LogP contribution is 2.27. The zero-order valence-corrected chi connectivity index (χ0v) is 15.7. The number of aryl methyl sites for hydroxylation is 2. The fourth-order valence-electron chi connectivity index (χ4n) is 3.68. The van der Waals surface area contributed by atoms with E-state index in [1.54, 1.807) is 0 Å². The molecule has 0 saturated heterocycles. The van der Waals surface area contributed by atoms with Crippen LogP contribution in [0.2, 0.25) is 0 Å². The first-order valence-corrected chi connectivity index (χ1v) is 9.69. The maximum absolute atomic E-state index is 12.4. The molecule has 0 spiro atoms. The van der Waals surface area contributed by atoms with Gasteiger partial charge in [-0.1, -0.05) is 12.1 Å². The number of aliphatic hydroxyl groups excluding tert-OH is 2. The van der Waals surface area contributed by atoms with Crippen LogP contribution in [-0.4, -0.2) is 45.3 Å². The highest BCUT2D eigenvalue weighted by molar-refractivity contribution is 6.24. The van der Waals surface area contributed by atoms with E-state index < -0.39 is 0 Å². The lowest BCUT2D eigenvalue weighted by Crippen LogP contribution is -2.24. The molecule has 0 aliphatic heterocycles. The van der Waals surface area contributed by atoms with Gasteiger partial charge in [0.1, 0.15) is 11.5 Å². The van der Waals surface area contributed by atoms with Crippen molar-refractivity contribution in [1.82, 2.24) is 5.16 Å². The van der Waals surface area contributed by atoms with Crippen molar-refractivity contribution in [3.05, 3.63) is 28.3 Å². The molecular formula is C20H26N2O5. The Morgan fingerprint density at radius 1 is 1.19 bits per heavy atom. The minimum atomic E-state index is -0.270. The van der Waals surface area contributed by atoms with Gasteiger partial charge in [0.25, 0.3) is 0 Å². The number of aromatic nitrogens is 1.